The average Bonchev–Trinajstić information content (AvgIpc) is 2.29. The highest BCUT2D eigenvalue weighted by Crippen LogP contribution is 2.35. The van der Waals surface area contributed by atoms with Gasteiger partial charge in [-0.05, 0) is 36.6 Å². The molecule has 0 aromatic heterocycles. The molecule has 1 aromatic rings. The van der Waals surface area contributed by atoms with Crippen molar-refractivity contribution < 1.29 is 4.74 Å². The number of benzene rings is 1. The molecular weight excluding hydrogens is 210 g/mol. The SMILES string of the molecule is COC1=CC=C(c2ccccc2C)C(C)(N)C1. The van der Waals surface area contributed by atoms with Gasteiger partial charge in [0.15, 0.2) is 0 Å². The maximum atomic E-state index is 6.40. The van der Waals surface area contributed by atoms with E-state index >= 15 is 0 Å². The summed E-state index contributed by atoms with van der Waals surface area (Å²) in [7, 11) is 1.69. The lowest BCUT2D eigenvalue weighted by Crippen LogP contribution is -2.39. The van der Waals surface area contributed by atoms with E-state index in [0.717, 1.165) is 12.2 Å². The third-order valence-electron chi connectivity index (χ3n) is 3.29. The van der Waals surface area contributed by atoms with Gasteiger partial charge >= 0.3 is 0 Å². The van der Waals surface area contributed by atoms with E-state index in [2.05, 4.69) is 38.1 Å². The van der Waals surface area contributed by atoms with Crippen LogP contribution in [0.25, 0.3) is 5.57 Å². The Morgan fingerprint density at radius 3 is 2.53 bits per heavy atom. The van der Waals surface area contributed by atoms with Crippen molar-refractivity contribution in [3.8, 4) is 0 Å². The number of methoxy groups -OCH3 is 1. The van der Waals surface area contributed by atoms with Gasteiger partial charge < -0.3 is 10.5 Å². The second-order valence-electron chi connectivity index (χ2n) is 4.83. The Balaban J connectivity index is 2.48. The molecule has 0 aliphatic heterocycles. The lowest BCUT2D eigenvalue weighted by Gasteiger charge is -2.32. The van der Waals surface area contributed by atoms with Crippen LogP contribution in [0.1, 0.15) is 24.5 Å². The van der Waals surface area contributed by atoms with E-state index in [-0.39, 0.29) is 5.54 Å². The van der Waals surface area contributed by atoms with Crippen molar-refractivity contribution in [2.24, 2.45) is 5.73 Å². The van der Waals surface area contributed by atoms with E-state index in [1.54, 1.807) is 7.11 Å². The standard InChI is InChI=1S/C15H19NO/c1-11-6-4-5-7-13(11)14-9-8-12(17-3)10-15(14,2)16/h4-9H,10,16H2,1-3H3. The minimum absolute atomic E-state index is 0.369. The summed E-state index contributed by atoms with van der Waals surface area (Å²) < 4.78 is 5.28. The van der Waals surface area contributed by atoms with E-state index in [0.29, 0.717) is 0 Å². The first-order valence-electron chi connectivity index (χ1n) is 5.85. The van der Waals surface area contributed by atoms with Crippen LogP contribution in [0.15, 0.2) is 42.2 Å². The summed E-state index contributed by atoms with van der Waals surface area (Å²) in [5.41, 5.74) is 9.69. The van der Waals surface area contributed by atoms with Crippen LogP contribution in [-0.4, -0.2) is 12.6 Å². The Labute approximate surface area is 103 Å². The van der Waals surface area contributed by atoms with Gasteiger partial charge in [-0.3, -0.25) is 0 Å². The summed E-state index contributed by atoms with van der Waals surface area (Å²) in [6, 6.07) is 8.33. The van der Waals surface area contributed by atoms with Crippen molar-refractivity contribution in [3.05, 3.63) is 53.3 Å². The fraction of sp³-hybridized carbons (Fsp3) is 0.333. The van der Waals surface area contributed by atoms with Crippen molar-refractivity contribution in [1.82, 2.24) is 0 Å². The molecule has 0 fully saturated rings. The van der Waals surface area contributed by atoms with Crippen LogP contribution >= 0.6 is 0 Å². The minimum Gasteiger partial charge on any atom is -0.501 e. The molecule has 0 amide bonds. The van der Waals surface area contributed by atoms with Gasteiger partial charge in [0.2, 0.25) is 0 Å². The van der Waals surface area contributed by atoms with Crippen LogP contribution in [0.2, 0.25) is 0 Å². The maximum absolute atomic E-state index is 6.40. The van der Waals surface area contributed by atoms with Crippen molar-refractivity contribution in [2.45, 2.75) is 25.8 Å². The highest BCUT2D eigenvalue weighted by molar-refractivity contribution is 5.77. The maximum Gasteiger partial charge on any atom is 0.0977 e. The molecule has 17 heavy (non-hydrogen) atoms. The minimum atomic E-state index is -0.369. The Kier molecular flexibility index (Phi) is 3.07. The van der Waals surface area contributed by atoms with Gasteiger partial charge in [-0.15, -0.1) is 0 Å². The van der Waals surface area contributed by atoms with Crippen molar-refractivity contribution >= 4 is 5.57 Å². The fourth-order valence-electron chi connectivity index (χ4n) is 2.30. The number of nitrogens with two attached hydrogens (primary N) is 1. The molecule has 0 bridgehead atoms. The first-order chi connectivity index (χ1) is 8.04. The van der Waals surface area contributed by atoms with E-state index in [1.807, 2.05) is 12.1 Å². The number of hydrogen-bond donors (Lipinski definition) is 1. The molecular formula is C15H19NO. The van der Waals surface area contributed by atoms with Gasteiger partial charge in [0, 0.05) is 12.0 Å². The van der Waals surface area contributed by atoms with Crippen LogP contribution in [0, 0.1) is 6.92 Å². The molecule has 1 aliphatic carbocycles. The summed E-state index contributed by atoms with van der Waals surface area (Å²) >= 11 is 0. The normalized spacial score (nSPS) is 24.0. The number of rotatable bonds is 2. The Bertz CT molecular complexity index is 483. The lowest BCUT2D eigenvalue weighted by molar-refractivity contribution is 0.262. The third kappa shape index (κ3) is 2.27. The smallest absolute Gasteiger partial charge is 0.0977 e. The molecule has 2 rings (SSSR count). The van der Waals surface area contributed by atoms with Gasteiger partial charge in [0.1, 0.15) is 0 Å². The third-order valence-corrected chi connectivity index (χ3v) is 3.29. The Morgan fingerprint density at radius 1 is 1.24 bits per heavy atom. The molecule has 2 heteroatoms. The number of hydrogen-bond acceptors (Lipinski definition) is 2. The van der Waals surface area contributed by atoms with Gasteiger partial charge in [0.05, 0.1) is 12.9 Å². The van der Waals surface area contributed by atoms with E-state index in [9.17, 15) is 0 Å². The highest BCUT2D eigenvalue weighted by Gasteiger charge is 2.29. The molecule has 0 saturated carbocycles. The van der Waals surface area contributed by atoms with E-state index in [1.165, 1.54) is 16.7 Å². The van der Waals surface area contributed by atoms with E-state index in [4.69, 9.17) is 10.5 Å². The molecule has 2 nitrogen and oxygen atoms in total. The number of aryl methyl sites for hydroxylation is 1. The zero-order valence-corrected chi connectivity index (χ0v) is 10.7. The lowest BCUT2D eigenvalue weighted by atomic mass is 9.80. The summed E-state index contributed by atoms with van der Waals surface area (Å²) in [5, 5.41) is 0. The van der Waals surface area contributed by atoms with Crippen LogP contribution in [0.4, 0.5) is 0 Å². The van der Waals surface area contributed by atoms with Crippen molar-refractivity contribution in [2.75, 3.05) is 7.11 Å². The van der Waals surface area contributed by atoms with Crippen LogP contribution in [-0.2, 0) is 4.74 Å². The van der Waals surface area contributed by atoms with E-state index < -0.39 is 0 Å². The predicted octanol–water partition coefficient (Wildman–Crippen LogP) is 3.03. The predicted molar refractivity (Wildman–Crippen MR) is 71.5 cm³/mol. The largest absolute Gasteiger partial charge is 0.501 e. The van der Waals surface area contributed by atoms with Gasteiger partial charge in [-0.2, -0.15) is 0 Å². The van der Waals surface area contributed by atoms with Gasteiger partial charge in [0.25, 0.3) is 0 Å². The summed E-state index contributed by atoms with van der Waals surface area (Å²) in [4.78, 5) is 0. The van der Waals surface area contributed by atoms with Gasteiger partial charge in [-0.1, -0.05) is 30.3 Å². The zero-order chi connectivity index (χ0) is 12.5. The quantitative estimate of drug-likeness (QED) is 0.846. The Hall–Kier alpha value is -1.54. The van der Waals surface area contributed by atoms with Gasteiger partial charge in [-0.25, -0.2) is 0 Å². The first-order valence-corrected chi connectivity index (χ1v) is 5.85. The molecule has 1 aliphatic rings. The number of ether oxygens (including phenoxy) is 1. The molecule has 1 aromatic carbocycles. The zero-order valence-electron chi connectivity index (χ0n) is 10.7. The second-order valence-corrected chi connectivity index (χ2v) is 4.83. The molecule has 1 atom stereocenters. The highest BCUT2D eigenvalue weighted by atomic mass is 16.5. The van der Waals surface area contributed by atoms with Crippen molar-refractivity contribution in [3.63, 3.8) is 0 Å². The monoisotopic (exact) mass is 229 g/mol. The van der Waals surface area contributed by atoms with Crippen LogP contribution in [0.3, 0.4) is 0 Å². The topological polar surface area (TPSA) is 35.2 Å². The molecule has 0 heterocycles. The molecule has 0 spiro atoms. The molecule has 0 radical (unpaired) electrons. The number of allylic oxidation sites excluding steroid dienone is 2. The van der Waals surface area contributed by atoms with Crippen LogP contribution < -0.4 is 5.73 Å². The molecule has 2 N–H and O–H groups in total. The first kappa shape index (κ1) is 11.9. The molecule has 0 saturated heterocycles. The molecule has 90 valence electrons. The van der Waals surface area contributed by atoms with Crippen molar-refractivity contribution in [1.29, 1.82) is 0 Å². The summed E-state index contributed by atoms with van der Waals surface area (Å²) in [6.45, 7) is 4.17. The second kappa shape index (κ2) is 4.38. The summed E-state index contributed by atoms with van der Waals surface area (Å²) in [6.07, 6.45) is 4.82. The van der Waals surface area contributed by atoms with Crippen LogP contribution in [0.5, 0.6) is 0 Å². The Morgan fingerprint density at radius 2 is 1.94 bits per heavy atom. The average molecular weight is 229 g/mol. The fourth-order valence-corrected chi connectivity index (χ4v) is 2.30. The summed E-state index contributed by atoms with van der Waals surface area (Å²) in [5.74, 6) is 0.937. The molecule has 1 unspecified atom stereocenters.